The van der Waals surface area contributed by atoms with Gasteiger partial charge in [-0.3, -0.25) is 0 Å². The zero-order chi connectivity index (χ0) is 26.0. The highest BCUT2D eigenvalue weighted by atomic mass is 19.4. The average Bonchev–Trinajstić information content (AvgIpc) is 3.21. The highest BCUT2D eigenvalue weighted by Crippen LogP contribution is 2.39. The van der Waals surface area contributed by atoms with Crippen molar-refractivity contribution < 1.29 is 31.5 Å². The number of carbonyl (C=O) groups excluding carboxylic acids is 1. The molecule has 0 radical (unpaired) electrons. The Morgan fingerprint density at radius 3 is 2.14 bits per heavy atom. The van der Waals surface area contributed by atoms with Crippen molar-refractivity contribution in [3.8, 4) is 16.9 Å². The maximum Gasteiger partial charge on any atom is 0.416 e. The van der Waals surface area contributed by atoms with Crippen LogP contribution in [0.4, 0.5) is 26.7 Å². The molecule has 0 N–H and O–H groups in total. The molecule has 0 aliphatic carbocycles. The predicted octanol–water partition coefficient (Wildman–Crippen LogP) is 7.49. The van der Waals surface area contributed by atoms with Crippen LogP contribution in [0.2, 0.25) is 0 Å². The Balaban J connectivity index is 1.79. The van der Waals surface area contributed by atoms with Crippen molar-refractivity contribution >= 4 is 17.0 Å². The Kier molecular flexibility index (Phi) is 7.01. The highest BCUT2D eigenvalue weighted by Gasteiger charge is 2.30. The molecule has 0 aliphatic rings. The van der Waals surface area contributed by atoms with Crippen molar-refractivity contribution in [1.29, 1.82) is 0 Å². The number of nitrogens with zero attached hydrogens (tertiary/aromatic N) is 2. The van der Waals surface area contributed by atoms with E-state index in [1.54, 1.807) is 42.8 Å². The first-order chi connectivity index (χ1) is 17.1. The number of hydrogen-bond donors (Lipinski definition) is 0. The molecule has 0 atom stereocenters. The van der Waals surface area contributed by atoms with Crippen LogP contribution >= 0.6 is 0 Å². The lowest BCUT2D eigenvalue weighted by atomic mass is 10.00. The molecule has 36 heavy (non-hydrogen) atoms. The number of rotatable bonds is 6. The standard InChI is InChI=1S/C27H23F5N2O2/c1-3-33(4-2)26(35)36-24-10-9-23-22(25(24)18-13-20(28)15-21(29)14-18)11-12-34(23)16-17-5-7-19(8-6-17)27(30,31)32/h5-15H,3-4,16H2,1-2H3. The Morgan fingerprint density at radius 2 is 1.56 bits per heavy atom. The van der Waals surface area contributed by atoms with Crippen LogP contribution in [0.25, 0.3) is 22.0 Å². The molecule has 0 unspecified atom stereocenters. The summed E-state index contributed by atoms with van der Waals surface area (Å²) in [5.41, 5.74) is 1.07. The highest BCUT2D eigenvalue weighted by molar-refractivity contribution is 5.99. The van der Waals surface area contributed by atoms with Gasteiger partial charge < -0.3 is 14.2 Å². The molecule has 0 saturated heterocycles. The van der Waals surface area contributed by atoms with Gasteiger partial charge in [-0.05, 0) is 67.4 Å². The molecule has 1 amide bonds. The van der Waals surface area contributed by atoms with Crippen LogP contribution in [0.15, 0.2) is 66.9 Å². The van der Waals surface area contributed by atoms with Crippen LogP contribution in [0.3, 0.4) is 0 Å². The van der Waals surface area contributed by atoms with Gasteiger partial charge in [0.25, 0.3) is 0 Å². The summed E-state index contributed by atoms with van der Waals surface area (Å²) in [5.74, 6) is -1.43. The van der Waals surface area contributed by atoms with Crippen LogP contribution in [-0.4, -0.2) is 28.6 Å². The zero-order valence-corrected chi connectivity index (χ0v) is 19.6. The van der Waals surface area contributed by atoms with E-state index in [4.69, 9.17) is 4.74 Å². The molecule has 0 spiro atoms. The molecule has 188 valence electrons. The van der Waals surface area contributed by atoms with E-state index in [9.17, 15) is 26.7 Å². The van der Waals surface area contributed by atoms with E-state index in [2.05, 4.69) is 0 Å². The maximum atomic E-state index is 14.1. The lowest BCUT2D eigenvalue weighted by molar-refractivity contribution is -0.137. The first-order valence-corrected chi connectivity index (χ1v) is 11.3. The monoisotopic (exact) mass is 502 g/mol. The molecule has 4 rings (SSSR count). The van der Waals surface area contributed by atoms with Crippen LogP contribution < -0.4 is 4.74 Å². The normalized spacial score (nSPS) is 11.6. The number of aromatic nitrogens is 1. The number of fused-ring (bicyclic) bond motifs is 1. The number of benzene rings is 3. The number of ether oxygens (including phenoxy) is 1. The first kappa shape index (κ1) is 25.2. The van der Waals surface area contributed by atoms with E-state index >= 15 is 0 Å². The molecule has 4 aromatic rings. The fourth-order valence-electron chi connectivity index (χ4n) is 4.11. The molecular formula is C27H23F5N2O2. The van der Waals surface area contributed by atoms with E-state index in [0.717, 1.165) is 30.3 Å². The maximum absolute atomic E-state index is 14.1. The molecule has 1 aromatic heterocycles. The summed E-state index contributed by atoms with van der Waals surface area (Å²) in [6.07, 6.45) is -3.30. The Bertz CT molecular complexity index is 1370. The topological polar surface area (TPSA) is 34.5 Å². The summed E-state index contributed by atoms with van der Waals surface area (Å²) < 4.78 is 74.3. The largest absolute Gasteiger partial charge is 0.416 e. The minimum absolute atomic E-state index is 0.136. The van der Waals surface area contributed by atoms with Gasteiger partial charge >= 0.3 is 12.3 Å². The van der Waals surface area contributed by atoms with Crippen LogP contribution in [0, 0.1) is 11.6 Å². The molecule has 0 bridgehead atoms. The van der Waals surface area contributed by atoms with Crippen molar-refractivity contribution in [1.82, 2.24) is 9.47 Å². The molecule has 4 nitrogen and oxygen atoms in total. The third-order valence-electron chi connectivity index (χ3n) is 5.92. The van der Waals surface area contributed by atoms with Crippen LogP contribution in [-0.2, 0) is 12.7 Å². The van der Waals surface area contributed by atoms with Gasteiger partial charge in [-0.15, -0.1) is 0 Å². The molecule has 0 aliphatic heterocycles. The molecular weight excluding hydrogens is 479 g/mol. The number of amides is 1. The van der Waals surface area contributed by atoms with Gasteiger partial charge in [-0.2, -0.15) is 13.2 Å². The Morgan fingerprint density at radius 1 is 0.917 bits per heavy atom. The van der Waals surface area contributed by atoms with Gasteiger partial charge in [0.05, 0.1) is 5.56 Å². The fourth-order valence-corrected chi connectivity index (χ4v) is 4.11. The zero-order valence-electron chi connectivity index (χ0n) is 19.6. The van der Waals surface area contributed by atoms with Crippen molar-refractivity contribution in [2.24, 2.45) is 0 Å². The molecule has 0 saturated carbocycles. The third kappa shape index (κ3) is 5.19. The van der Waals surface area contributed by atoms with Gasteiger partial charge in [0.1, 0.15) is 17.4 Å². The summed E-state index contributed by atoms with van der Waals surface area (Å²) in [4.78, 5) is 14.1. The lowest BCUT2D eigenvalue weighted by Gasteiger charge is -2.20. The fraction of sp³-hybridized carbons (Fsp3) is 0.222. The Hall–Kier alpha value is -3.88. The summed E-state index contributed by atoms with van der Waals surface area (Å²) in [7, 11) is 0. The van der Waals surface area contributed by atoms with Crippen LogP contribution in [0.1, 0.15) is 25.0 Å². The second kappa shape index (κ2) is 10.0. The van der Waals surface area contributed by atoms with Crippen molar-refractivity contribution in [3.05, 3.63) is 89.6 Å². The van der Waals surface area contributed by atoms with E-state index < -0.39 is 29.5 Å². The summed E-state index contributed by atoms with van der Waals surface area (Å²) in [6, 6.07) is 12.9. The third-order valence-corrected chi connectivity index (χ3v) is 5.92. The van der Waals surface area contributed by atoms with Gasteiger partial charge in [-0.25, -0.2) is 13.6 Å². The second-order valence-corrected chi connectivity index (χ2v) is 8.21. The average molecular weight is 502 g/mol. The molecule has 9 heteroatoms. The van der Waals surface area contributed by atoms with Gasteiger partial charge in [0, 0.05) is 48.4 Å². The van der Waals surface area contributed by atoms with Gasteiger partial charge in [0.15, 0.2) is 0 Å². The van der Waals surface area contributed by atoms with E-state index in [0.29, 0.717) is 35.1 Å². The minimum Gasteiger partial charge on any atom is -0.410 e. The van der Waals surface area contributed by atoms with Gasteiger partial charge in [0.2, 0.25) is 0 Å². The van der Waals surface area contributed by atoms with Crippen LogP contribution in [0.5, 0.6) is 5.75 Å². The predicted molar refractivity (Wildman–Crippen MR) is 127 cm³/mol. The van der Waals surface area contributed by atoms with E-state index in [1.807, 2.05) is 0 Å². The number of alkyl halides is 3. The smallest absolute Gasteiger partial charge is 0.410 e. The molecule has 3 aromatic carbocycles. The second-order valence-electron chi connectivity index (χ2n) is 8.21. The molecule has 0 fully saturated rings. The number of hydrogen-bond acceptors (Lipinski definition) is 2. The quantitative estimate of drug-likeness (QED) is 0.256. The van der Waals surface area contributed by atoms with Crippen molar-refractivity contribution in [2.75, 3.05) is 13.1 Å². The first-order valence-electron chi connectivity index (χ1n) is 11.3. The van der Waals surface area contributed by atoms with E-state index in [-0.39, 0.29) is 17.9 Å². The summed E-state index contributed by atoms with van der Waals surface area (Å²) >= 11 is 0. The number of halogens is 5. The van der Waals surface area contributed by atoms with Crippen molar-refractivity contribution in [3.63, 3.8) is 0 Å². The lowest BCUT2D eigenvalue weighted by Crippen LogP contribution is -2.33. The van der Waals surface area contributed by atoms with Gasteiger partial charge in [-0.1, -0.05) is 12.1 Å². The molecule has 1 heterocycles. The Labute approximate surface area is 204 Å². The summed E-state index contributed by atoms with van der Waals surface area (Å²) in [5, 5.41) is 0.566. The van der Waals surface area contributed by atoms with Crippen molar-refractivity contribution in [2.45, 2.75) is 26.6 Å². The SMILES string of the molecule is CCN(CC)C(=O)Oc1ccc2c(ccn2Cc2ccc(C(F)(F)F)cc2)c1-c1cc(F)cc(F)c1. The summed E-state index contributed by atoms with van der Waals surface area (Å²) in [6.45, 7) is 4.71. The minimum atomic E-state index is -4.42. The number of carbonyl (C=O) groups is 1. The van der Waals surface area contributed by atoms with E-state index in [1.165, 1.54) is 17.0 Å².